The third kappa shape index (κ3) is 5.99. The van der Waals surface area contributed by atoms with Crippen molar-refractivity contribution in [1.29, 1.82) is 0 Å². The highest BCUT2D eigenvalue weighted by Gasteiger charge is 2.40. The molecule has 27 heavy (non-hydrogen) atoms. The third-order valence-corrected chi connectivity index (χ3v) is 5.32. The van der Waals surface area contributed by atoms with Gasteiger partial charge in [-0.05, 0) is 57.1 Å². The Kier molecular flexibility index (Phi) is 8.20. The summed E-state index contributed by atoms with van der Waals surface area (Å²) in [4.78, 5) is 10.8. The lowest BCUT2D eigenvalue weighted by Gasteiger charge is -2.21. The maximum absolute atomic E-state index is 9.78. The molecule has 3 rings (SSSR count). The highest BCUT2D eigenvalue weighted by molar-refractivity contribution is 6.31. The summed E-state index contributed by atoms with van der Waals surface area (Å²) in [5, 5.41) is 17.4. The summed E-state index contributed by atoms with van der Waals surface area (Å²) < 4.78 is 11.6. The van der Waals surface area contributed by atoms with Crippen LogP contribution in [-0.4, -0.2) is 53.5 Å². The number of fused-ring (bicyclic) bond motifs is 1. The van der Waals surface area contributed by atoms with E-state index in [1.54, 1.807) is 0 Å². The monoisotopic (exact) mass is 399 g/mol. The van der Waals surface area contributed by atoms with Crippen molar-refractivity contribution in [3.05, 3.63) is 22.7 Å². The molecule has 6 nitrogen and oxygen atoms in total. The second-order valence-corrected chi connectivity index (χ2v) is 7.84. The highest BCUT2D eigenvalue weighted by atomic mass is 35.5. The van der Waals surface area contributed by atoms with E-state index < -0.39 is 0 Å². The van der Waals surface area contributed by atoms with Crippen molar-refractivity contribution in [1.82, 2.24) is 4.90 Å². The van der Waals surface area contributed by atoms with Gasteiger partial charge in [0.15, 0.2) is 11.5 Å². The number of rotatable bonds is 6. The lowest BCUT2D eigenvalue weighted by Crippen LogP contribution is -2.23. The molecular formula is C20H30ClNO5. The Bertz CT molecular complexity index is 611. The fourth-order valence-corrected chi connectivity index (χ4v) is 4.26. The summed E-state index contributed by atoms with van der Waals surface area (Å²) in [7, 11) is 0. The minimum Gasteiger partial charge on any atom is -0.490 e. The molecule has 2 N–H and O–H groups in total. The summed E-state index contributed by atoms with van der Waals surface area (Å²) in [6.07, 6.45) is 1.87. The van der Waals surface area contributed by atoms with E-state index in [1.165, 1.54) is 0 Å². The van der Waals surface area contributed by atoms with Gasteiger partial charge in [-0.15, -0.1) is 0 Å². The van der Waals surface area contributed by atoms with E-state index in [0.29, 0.717) is 24.2 Å². The van der Waals surface area contributed by atoms with Crippen LogP contribution in [0.25, 0.3) is 0 Å². The number of aliphatic hydroxyl groups is 1. The summed E-state index contributed by atoms with van der Waals surface area (Å²) >= 11 is 6.50. The zero-order valence-electron chi connectivity index (χ0n) is 16.2. The molecule has 1 aliphatic heterocycles. The maximum atomic E-state index is 9.78. The molecule has 152 valence electrons. The van der Waals surface area contributed by atoms with Gasteiger partial charge >= 0.3 is 0 Å². The Morgan fingerprint density at radius 2 is 1.85 bits per heavy atom. The number of nitrogens with zero attached hydrogens (tertiary/aromatic N) is 1. The number of hydrogen-bond donors (Lipinski definition) is 2. The fraction of sp³-hybridized carbons (Fsp3) is 0.650. The van der Waals surface area contributed by atoms with Crippen molar-refractivity contribution in [3.63, 3.8) is 0 Å². The number of carboxylic acid groups (broad SMARTS) is 1. The smallest absolute Gasteiger partial charge is 0.290 e. The lowest BCUT2D eigenvalue weighted by molar-refractivity contribution is -0.122. The standard InChI is InChI=1S/C19H28ClNO3.CH2O2/c1-4-23-18-7-15(17(20)8-19(18)24-12(2)3)11-21-9-13-5-16(22)6-14(13)10-21;2-1-3/h7-8,12-14,16,22H,4-6,9-11H2,1-3H3;1H,(H,2,3)/t13-,14+,16?;. The first kappa shape index (κ1) is 21.8. The Hall–Kier alpha value is -1.50. The zero-order chi connectivity index (χ0) is 20.0. The van der Waals surface area contributed by atoms with Crippen molar-refractivity contribution in [3.8, 4) is 11.5 Å². The number of aliphatic hydroxyl groups excluding tert-OH is 1. The number of likely N-dealkylation sites (tertiary alicyclic amines) is 1. The molecule has 1 aliphatic carbocycles. The van der Waals surface area contributed by atoms with Crippen LogP contribution in [-0.2, 0) is 11.3 Å². The minimum absolute atomic E-state index is 0.0792. The van der Waals surface area contributed by atoms with Gasteiger partial charge in [0.1, 0.15) is 0 Å². The first-order valence-corrected chi connectivity index (χ1v) is 9.85. The van der Waals surface area contributed by atoms with Gasteiger partial charge in [-0.1, -0.05) is 11.6 Å². The Labute approximate surface area is 166 Å². The second-order valence-electron chi connectivity index (χ2n) is 7.43. The van der Waals surface area contributed by atoms with Crippen LogP contribution < -0.4 is 9.47 Å². The molecule has 1 unspecified atom stereocenters. The van der Waals surface area contributed by atoms with Crippen LogP contribution in [0, 0.1) is 11.8 Å². The highest BCUT2D eigenvalue weighted by Crippen LogP contribution is 2.40. The lowest BCUT2D eigenvalue weighted by atomic mass is 10.0. The first-order chi connectivity index (χ1) is 12.9. The van der Waals surface area contributed by atoms with Gasteiger partial charge in [0.25, 0.3) is 6.47 Å². The number of halogens is 1. The number of carbonyl (C=O) groups is 1. The summed E-state index contributed by atoms with van der Waals surface area (Å²) in [6, 6.07) is 3.90. The average molecular weight is 400 g/mol. The molecular weight excluding hydrogens is 370 g/mol. The van der Waals surface area contributed by atoms with E-state index in [-0.39, 0.29) is 18.7 Å². The van der Waals surface area contributed by atoms with Crippen molar-refractivity contribution in [2.75, 3.05) is 19.7 Å². The van der Waals surface area contributed by atoms with Crippen LogP contribution in [0.15, 0.2) is 12.1 Å². The Balaban J connectivity index is 0.000000817. The van der Waals surface area contributed by atoms with E-state index in [9.17, 15) is 5.11 Å². The molecule has 0 aromatic heterocycles. The van der Waals surface area contributed by atoms with Crippen molar-refractivity contribution in [2.24, 2.45) is 11.8 Å². The van der Waals surface area contributed by atoms with E-state index >= 15 is 0 Å². The van der Waals surface area contributed by atoms with Crippen LogP contribution in [0.1, 0.15) is 39.2 Å². The predicted molar refractivity (Wildman–Crippen MR) is 105 cm³/mol. The molecule has 2 fully saturated rings. The van der Waals surface area contributed by atoms with Crippen LogP contribution in [0.4, 0.5) is 0 Å². The van der Waals surface area contributed by atoms with E-state index in [1.807, 2.05) is 32.9 Å². The van der Waals surface area contributed by atoms with Crippen molar-refractivity contribution >= 4 is 18.1 Å². The van der Waals surface area contributed by atoms with Gasteiger partial charge in [0.05, 0.1) is 18.8 Å². The van der Waals surface area contributed by atoms with Gasteiger partial charge in [0.2, 0.25) is 0 Å². The quantitative estimate of drug-likeness (QED) is 0.713. The normalized spacial score (nSPS) is 24.3. The van der Waals surface area contributed by atoms with Crippen LogP contribution in [0.3, 0.4) is 0 Å². The molecule has 0 spiro atoms. The SMILES string of the molecule is CCOc1cc(CN2C[C@H]3CC(O)C[C@H]3C2)c(Cl)cc1OC(C)C.O=CO. The number of hydrogen-bond acceptors (Lipinski definition) is 5. The van der Waals surface area contributed by atoms with Crippen LogP contribution in [0.2, 0.25) is 5.02 Å². The maximum Gasteiger partial charge on any atom is 0.290 e. The Morgan fingerprint density at radius 3 is 2.37 bits per heavy atom. The third-order valence-electron chi connectivity index (χ3n) is 4.97. The summed E-state index contributed by atoms with van der Waals surface area (Å²) in [5.74, 6) is 2.74. The Morgan fingerprint density at radius 1 is 1.26 bits per heavy atom. The molecule has 0 bridgehead atoms. The molecule has 7 heteroatoms. The predicted octanol–water partition coefficient (Wildman–Crippen LogP) is 3.43. The number of ether oxygens (including phenoxy) is 2. The molecule has 1 saturated heterocycles. The molecule has 1 aromatic carbocycles. The van der Waals surface area contributed by atoms with E-state index in [0.717, 1.165) is 48.8 Å². The zero-order valence-corrected chi connectivity index (χ0v) is 17.0. The van der Waals surface area contributed by atoms with Crippen LogP contribution >= 0.6 is 11.6 Å². The summed E-state index contributed by atoms with van der Waals surface area (Å²) in [5.41, 5.74) is 1.08. The van der Waals surface area contributed by atoms with Gasteiger partial charge in [-0.25, -0.2) is 0 Å². The molecule has 1 aromatic rings. The van der Waals surface area contributed by atoms with Gasteiger partial charge in [-0.3, -0.25) is 9.69 Å². The van der Waals surface area contributed by atoms with Gasteiger partial charge in [0, 0.05) is 30.7 Å². The van der Waals surface area contributed by atoms with E-state index in [4.69, 9.17) is 31.0 Å². The van der Waals surface area contributed by atoms with Crippen LogP contribution in [0.5, 0.6) is 11.5 Å². The fourth-order valence-electron chi connectivity index (χ4n) is 4.05. The topological polar surface area (TPSA) is 79.2 Å². The molecule has 3 atom stereocenters. The molecule has 1 saturated carbocycles. The summed E-state index contributed by atoms with van der Waals surface area (Å²) in [6.45, 7) is 9.23. The van der Waals surface area contributed by atoms with Gasteiger partial charge < -0.3 is 19.7 Å². The largest absolute Gasteiger partial charge is 0.490 e. The average Bonchev–Trinajstić information content (AvgIpc) is 3.08. The molecule has 0 amide bonds. The second kappa shape index (κ2) is 10.2. The molecule has 2 aliphatic rings. The van der Waals surface area contributed by atoms with Crippen molar-refractivity contribution in [2.45, 2.75) is 52.4 Å². The molecule has 1 heterocycles. The first-order valence-electron chi connectivity index (χ1n) is 9.48. The van der Waals surface area contributed by atoms with Gasteiger partial charge in [-0.2, -0.15) is 0 Å². The van der Waals surface area contributed by atoms with E-state index in [2.05, 4.69) is 4.90 Å². The van der Waals surface area contributed by atoms with Crippen molar-refractivity contribution < 1.29 is 24.5 Å². The molecule has 0 radical (unpaired) electrons. The minimum atomic E-state index is -0.250. The number of benzene rings is 1.